The molecule has 0 aromatic heterocycles. The van der Waals surface area contributed by atoms with Crippen LogP contribution in [0.3, 0.4) is 0 Å². The van der Waals surface area contributed by atoms with Crippen LogP contribution in [0.2, 0.25) is 5.02 Å². The fourth-order valence-corrected chi connectivity index (χ4v) is 3.30. The SMILES string of the molecule is Cc1cc(Br)ccc1S(=O)(=O)Oc1ccc(Cl)cc1. The minimum Gasteiger partial charge on any atom is -0.379 e. The third-order valence-electron chi connectivity index (χ3n) is 2.43. The molecule has 0 spiro atoms. The first-order valence-corrected chi connectivity index (χ1v) is 7.92. The van der Waals surface area contributed by atoms with E-state index in [2.05, 4.69) is 15.9 Å². The average molecular weight is 362 g/mol. The molecule has 0 atom stereocenters. The quantitative estimate of drug-likeness (QED) is 0.770. The van der Waals surface area contributed by atoms with Crippen molar-refractivity contribution in [2.24, 2.45) is 0 Å². The molecule has 19 heavy (non-hydrogen) atoms. The smallest absolute Gasteiger partial charge is 0.339 e. The highest BCUT2D eigenvalue weighted by molar-refractivity contribution is 9.10. The van der Waals surface area contributed by atoms with Gasteiger partial charge in [0.25, 0.3) is 0 Å². The van der Waals surface area contributed by atoms with Crippen molar-refractivity contribution in [3.8, 4) is 5.75 Å². The molecule has 100 valence electrons. The third kappa shape index (κ3) is 3.49. The Morgan fingerprint density at radius 1 is 1.11 bits per heavy atom. The van der Waals surface area contributed by atoms with Crippen molar-refractivity contribution in [1.82, 2.24) is 0 Å². The van der Waals surface area contributed by atoms with Gasteiger partial charge in [0.15, 0.2) is 0 Å². The molecule has 0 saturated heterocycles. The highest BCUT2D eigenvalue weighted by atomic mass is 79.9. The highest BCUT2D eigenvalue weighted by Gasteiger charge is 2.19. The number of aryl methyl sites for hydroxylation is 1. The van der Waals surface area contributed by atoms with Crippen LogP contribution in [0.15, 0.2) is 51.8 Å². The molecule has 0 aliphatic rings. The zero-order valence-corrected chi connectivity index (χ0v) is 13.1. The first-order chi connectivity index (χ1) is 8.88. The second kappa shape index (κ2) is 5.53. The second-order valence-corrected chi connectivity index (χ2v) is 6.77. The van der Waals surface area contributed by atoms with Gasteiger partial charge in [-0.1, -0.05) is 27.5 Å². The van der Waals surface area contributed by atoms with Crippen molar-refractivity contribution in [3.63, 3.8) is 0 Å². The monoisotopic (exact) mass is 360 g/mol. The fourth-order valence-electron chi connectivity index (χ4n) is 1.56. The Kier molecular flexibility index (Phi) is 4.18. The molecule has 0 aliphatic heterocycles. The summed E-state index contributed by atoms with van der Waals surface area (Å²) in [7, 11) is -3.84. The van der Waals surface area contributed by atoms with Gasteiger partial charge in [0.1, 0.15) is 10.6 Å². The molecule has 2 aromatic carbocycles. The molecule has 0 unspecified atom stereocenters. The van der Waals surface area contributed by atoms with Crippen LogP contribution in [0.25, 0.3) is 0 Å². The number of halogens is 2. The summed E-state index contributed by atoms with van der Waals surface area (Å²) >= 11 is 9.02. The average Bonchev–Trinajstić information content (AvgIpc) is 2.31. The van der Waals surface area contributed by atoms with Crippen LogP contribution < -0.4 is 4.18 Å². The summed E-state index contributed by atoms with van der Waals surface area (Å²) in [5.41, 5.74) is 0.614. The van der Waals surface area contributed by atoms with Crippen molar-refractivity contribution < 1.29 is 12.6 Å². The molecule has 3 nitrogen and oxygen atoms in total. The van der Waals surface area contributed by atoms with E-state index < -0.39 is 10.1 Å². The Balaban J connectivity index is 2.35. The normalized spacial score (nSPS) is 11.3. The summed E-state index contributed by atoms with van der Waals surface area (Å²) in [6, 6.07) is 11.0. The molecule has 0 radical (unpaired) electrons. The van der Waals surface area contributed by atoms with Crippen LogP contribution in [0, 0.1) is 6.92 Å². The lowest BCUT2D eigenvalue weighted by molar-refractivity contribution is 0.485. The van der Waals surface area contributed by atoms with Gasteiger partial charge in [0.05, 0.1) is 0 Å². The Morgan fingerprint density at radius 3 is 2.32 bits per heavy atom. The lowest BCUT2D eigenvalue weighted by Gasteiger charge is -2.09. The zero-order valence-electron chi connectivity index (χ0n) is 9.93. The van der Waals surface area contributed by atoms with E-state index in [-0.39, 0.29) is 10.6 Å². The van der Waals surface area contributed by atoms with Crippen LogP contribution in [0.5, 0.6) is 5.75 Å². The van der Waals surface area contributed by atoms with Gasteiger partial charge < -0.3 is 4.18 Å². The van der Waals surface area contributed by atoms with Crippen LogP contribution in [-0.2, 0) is 10.1 Å². The van der Waals surface area contributed by atoms with Gasteiger partial charge in [-0.05, 0) is 55.0 Å². The zero-order chi connectivity index (χ0) is 14.0. The first kappa shape index (κ1) is 14.4. The van der Waals surface area contributed by atoms with Gasteiger partial charge in [0.2, 0.25) is 0 Å². The van der Waals surface area contributed by atoms with E-state index in [4.69, 9.17) is 15.8 Å². The van der Waals surface area contributed by atoms with E-state index in [1.165, 1.54) is 18.2 Å². The molecular formula is C13H10BrClO3S. The summed E-state index contributed by atoms with van der Waals surface area (Å²) in [4.78, 5) is 0.144. The molecule has 0 fully saturated rings. The molecule has 0 saturated carbocycles. The lowest BCUT2D eigenvalue weighted by Crippen LogP contribution is -2.11. The van der Waals surface area contributed by atoms with Crippen LogP contribution in [0.4, 0.5) is 0 Å². The Morgan fingerprint density at radius 2 is 1.74 bits per heavy atom. The van der Waals surface area contributed by atoms with Gasteiger partial charge >= 0.3 is 10.1 Å². The van der Waals surface area contributed by atoms with E-state index in [0.29, 0.717) is 10.6 Å². The largest absolute Gasteiger partial charge is 0.379 e. The Bertz CT molecular complexity index is 696. The number of hydrogen-bond acceptors (Lipinski definition) is 3. The maximum atomic E-state index is 12.1. The van der Waals surface area contributed by atoms with Crippen molar-refractivity contribution in [2.75, 3.05) is 0 Å². The van der Waals surface area contributed by atoms with E-state index in [0.717, 1.165) is 4.47 Å². The van der Waals surface area contributed by atoms with Crippen LogP contribution >= 0.6 is 27.5 Å². The lowest BCUT2D eigenvalue weighted by atomic mass is 10.2. The minimum atomic E-state index is -3.84. The topological polar surface area (TPSA) is 43.4 Å². The van der Waals surface area contributed by atoms with Gasteiger partial charge in [-0.15, -0.1) is 0 Å². The predicted octanol–water partition coefficient (Wildman–Crippen LogP) is 4.18. The van der Waals surface area contributed by atoms with Gasteiger partial charge in [-0.3, -0.25) is 0 Å². The number of rotatable bonds is 3. The van der Waals surface area contributed by atoms with E-state index in [1.807, 2.05) is 0 Å². The molecule has 0 heterocycles. The molecular weight excluding hydrogens is 352 g/mol. The van der Waals surface area contributed by atoms with Crippen molar-refractivity contribution in [3.05, 3.63) is 57.5 Å². The van der Waals surface area contributed by atoms with Crippen molar-refractivity contribution in [2.45, 2.75) is 11.8 Å². The summed E-state index contributed by atoms with van der Waals surface area (Å²) in [5, 5.41) is 0.518. The van der Waals surface area contributed by atoms with Crippen molar-refractivity contribution in [1.29, 1.82) is 0 Å². The van der Waals surface area contributed by atoms with Crippen LogP contribution in [0.1, 0.15) is 5.56 Å². The number of benzene rings is 2. The Hall–Kier alpha value is -1.04. The second-order valence-electron chi connectivity index (χ2n) is 3.90. The van der Waals surface area contributed by atoms with E-state index in [1.54, 1.807) is 31.2 Å². The summed E-state index contributed by atoms with van der Waals surface area (Å²) in [6.07, 6.45) is 0. The fraction of sp³-hybridized carbons (Fsp3) is 0.0769. The van der Waals surface area contributed by atoms with Crippen molar-refractivity contribution >= 4 is 37.6 Å². The standard InChI is InChI=1S/C13H10BrClO3S/c1-9-8-10(14)2-7-13(9)19(16,17)18-12-5-3-11(15)4-6-12/h2-8H,1H3. The summed E-state index contributed by atoms with van der Waals surface area (Å²) in [6.45, 7) is 1.71. The number of hydrogen-bond donors (Lipinski definition) is 0. The molecule has 0 N–H and O–H groups in total. The van der Waals surface area contributed by atoms with Gasteiger partial charge in [0, 0.05) is 9.50 Å². The Labute approximate surface area is 125 Å². The molecule has 2 aromatic rings. The highest BCUT2D eigenvalue weighted by Crippen LogP contribution is 2.24. The maximum absolute atomic E-state index is 12.1. The first-order valence-electron chi connectivity index (χ1n) is 5.35. The molecule has 0 amide bonds. The predicted molar refractivity (Wildman–Crippen MR) is 78.1 cm³/mol. The maximum Gasteiger partial charge on any atom is 0.339 e. The molecule has 6 heteroatoms. The van der Waals surface area contributed by atoms with Gasteiger partial charge in [-0.2, -0.15) is 8.42 Å². The van der Waals surface area contributed by atoms with Gasteiger partial charge in [-0.25, -0.2) is 0 Å². The summed E-state index contributed by atoms with van der Waals surface area (Å²) < 4.78 is 30.2. The summed E-state index contributed by atoms with van der Waals surface area (Å²) in [5.74, 6) is 0.228. The van der Waals surface area contributed by atoms with Crippen LogP contribution in [-0.4, -0.2) is 8.42 Å². The molecule has 2 rings (SSSR count). The van der Waals surface area contributed by atoms with E-state index >= 15 is 0 Å². The van der Waals surface area contributed by atoms with E-state index in [9.17, 15) is 8.42 Å². The molecule has 0 bridgehead atoms. The third-order valence-corrected chi connectivity index (χ3v) is 4.58. The molecule has 0 aliphatic carbocycles. The minimum absolute atomic E-state index is 0.144.